The van der Waals surface area contributed by atoms with Crippen molar-refractivity contribution in [3.63, 3.8) is 0 Å². The molecule has 0 radical (unpaired) electrons. The van der Waals surface area contributed by atoms with Gasteiger partial charge in [0.2, 0.25) is 6.79 Å². The number of rotatable bonds is 6. The third-order valence-electron chi connectivity index (χ3n) is 4.44. The van der Waals surface area contributed by atoms with Crippen LogP contribution < -0.4 is 14.8 Å². The topological polar surface area (TPSA) is 55.9 Å². The predicted molar refractivity (Wildman–Crippen MR) is 97.2 cm³/mol. The summed E-state index contributed by atoms with van der Waals surface area (Å²) in [7, 11) is 0. The Bertz CT molecular complexity index is 715. The Kier molecular flexibility index (Phi) is 5.17. The molecule has 1 aromatic heterocycles. The highest BCUT2D eigenvalue weighted by Crippen LogP contribution is 2.36. The van der Waals surface area contributed by atoms with Gasteiger partial charge in [-0.2, -0.15) is 0 Å². The average molecular weight is 361 g/mol. The summed E-state index contributed by atoms with van der Waals surface area (Å²) < 4.78 is 16.2. The molecule has 0 bridgehead atoms. The highest BCUT2D eigenvalue weighted by molar-refractivity contribution is 7.13. The van der Waals surface area contributed by atoms with Gasteiger partial charge >= 0.3 is 0 Å². The number of nitrogens with zero attached hydrogens (tertiary/aromatic N) is 2. The van der Waals surface area contributed by atoms with E-state index in [1.54, 1.807) is 11.3 Å². The van der Waals surface area contributed by atoms with E-state index in [0.29, 0.717) is 12.8 Å². The van der Waals surface area contributed by atoms with Crippen molar-refractivity contribution in [3.05, 3.63) is 29.3 Å². The molecule has 1 unspecified atom stereocenters. The van der Waals surface area contributed by atoms with Gasteiger partial charge in [-0.05, 0) is 25.1 Å². The van der Waals surface area contributed by atoms with Crippen LogP contribution in [0.4, 0.5) is 0 Å². The molecule has 0 saturated carbocycles. The van der Waals surface area contributed by atoms with E-state index in [1.165, 1.54) is 0 Å². The molecule has 2 aliphatic heterocycles. The number of aromatic nitrogens is 1. The van der Waals surface area contributed by atoms with Crippen molar-refractivity contribution in [2.75, 3.05) is 39.6 Å². The van der Waals surface area contributed by atoms with Crippen molar-refractivity contribution >= 4 is 11.3 Å². The van der Waals surface area contributed by atoms with Crippen LogP contribution in [-0.2, 0) is 11.3 Å². The van der Waals surface area contributed by atoms with Crippen LogP contribution in [0.25, 0.3) is 10.6 Å². The van der Waals surface area contributed by atoms with E-state index in [0.717, 1.165) is 67.2 Å². The van der Waals surface area contributed by atoms with Gasteiger partial charge in [0.15, 0.2) is 11.5 Å². The predicted octanol–water partition coefficient (Wildman–Crippen LogP) is 2.35. The molecule has 1 N–H and O–H groups in total. The fourth-order valence-electron chi connectivity index (χ4n) is 3.06. The summed E-state index contributed by atoms with van der Waals surface area (Å²) >= 11 is 1.66. The van der Waals surface area contributed by atoms with Crippen LogP contribution in [0.5, 0.6) is 11.5 Å². The molecule has 3 heterocycles. The molecular weight excluding hydrogens is 338 g/mol. The van der Waals surface area contributed by atoms with Crippen LogP contribution in [0.15, 0.2) is 23.6 Å². The number of benzene rings is 1. The van der Waals surface area contributed by atoms with Crippen LogP contribution >= 0.6 is 11.3 Å². The third-order valence-corrected chi connectivity index (χ3v) is 5.38. The van der Waals surface area contributed by atoms with Gasteiger partial charge in [0.25, 0.3) is 0 Å². The Morgan fingerprint density at radius 1 is 1.24 bits per heavy atom. The minimum Gasteiger partial charge on any atom is -0.454 e. The zero-order valence-corrected chi connectivity index (χ0v) is 15.2. The van der Waals surface area contributed by atoms with Crippen molar-refractivity contribution in [3.8, 4) is 22.1 Å². The van der Waals surface area contributed by atoms with Gasteiger partial charge in [0, 0.05) is 43.2 Å². The fourth-order valence-corrected chi connectivity index (χ4v) is 3.88. The third kappa shape index (κ3) is 4.12. The molecule has 4 rings (SSSR count). The smallest absolute Gasteiger partial charge is 0.231 e. The molecule has 2 aliphatic rings. The fraction of sp³-hybridized carbons (Fsp3) is 0.500. The number of morpholine rings is 1. The van der Waals surface area contributed by atoms with Crippen LogP contribution in [0.1, 0.15) is 12.6 Å². The molecule has 2 aromatic rings. The zero-order chi connectivity index (χ0) is 17.1. The SMILES string of the molecule is CC(CN1CCOCC1)NCc1csc(-c2ccc3c(c2)OCO3)n1. The summed E-state index contributed by atoms with van der Waals surface area (Å²) in [5.41, 5.74) is 2.15. The second-order valence-corrected chi connectivity index (χ2v) is 7.27. The maximum Gasteiger partial charge on any atom is 0.231 e. The van der Waals surface area contributed by atoms with E-state index in [9.17, 15) is 0 Å². The first kappa shape index (κ1) is 16.8. The molecule has 25 heavy (non-hydrogen) atoms. The summed E-state index contributed by atoms with van der Waals surface area (Å²) in [6.07, 6.45) is 0. The molecule has 1 atom stereocenters. The van der Waals surface area contributed by atoms with E-state index in [2.05, 4.69) is 22.5 Å². The Balaban J connectivity index is 1.32. The van der Waals surface area contributed by atoms with Gasteiger partial charge in [0.05, 0.1) is 18.9 Å². The van der Waals surface area contributed by atoms with Gasteiger partial charge in [-0.1, -0.05) is 0 Å². The van der Waals surface area contributed by atoms with E-state index >= 15 is 0 Å². The maximum atomic E-state index is 5.45. The minimum absolute atomic E-state index is 0.298. The summed E-state index contributed by atoms with van der Waals surface area (Å²) in [5, 5.41) is 6.70. The molecule has 7 heteroatoms. The Morgan fingerprint density at radius 3 is 2.96 bits per heavy atom. The molecule has 0 aliphatic carbocycles. The first-order valence-corrected chi connectivity index (χ1v) is 9.54. The molecule has 6 nitrogen and oxygen atoms in total. The lowest BCUT2D eigenvalue weighted by Gasteiger charge is -2.29. The molecule has 0 amide bonds. The number of ether oxygens (including phenoxy) is 3. The second-order valence-electron chi connectivity index (χ2n) is 6.41. The van der Waals surface area contributed by atoms with Crippen LogP contribution in [0.3, 0.4) is 0 Å². The van der Waals surface area contributed by atoms with E-state index in [4.69, 9.17) is 19.2 Å². The monoisotopic (exact) mass is 361 g/mol. The van der Waals surface area contributed by atoms with Crippen molar-refractivity contribution in [1.82, 2.24) is 15.2 Å². The lowest BCUT2D eigenvalue weighted by molar-refractivity contribution is 0.0343. The lowest BCUT2D eigenvalue weighted by Crippen LogP contribution is -2.44. The number of hydrogen-bond donors (Lipinski definition) is 1. The molecule has 0 spiro atoms. The number of thiazole rings is 1. The normalized spacial score (nSPS) is 18.4. The van der Waals surface area contributed by atoms with Gasteiger partial charge in [0.1, 0.15) is 5.01 Å². The van der Waals surface area contributed by atoms with Gasteiger partial charge in [-0.25, -0.2) is 4.98 Å². The standard InChI is InChI=1S/C18H23N3O3S/c1-13(10-21-4-6-22-7-5-21)19-9-15-11-25-18(20-15)14-2-3-16-17(8-14)24-12-23-16/h2-3,8,11,13,19H,4-7,9-10,12H2,1H3. The molecule has 1 fully saturated rings. The number of nitrogens with one attached hydrogen (secondary N) is 1. The first-order chi connectivity index (χ1) is 12.3. The zero-order valence-electron chi connectivity index (χ0n) is 14.4. The van der Waals surface area contributed by atoms with Crippen LogP contribution in [0, 0.1) is 0 Å². The lowest BCUT2D eigenvalue weighted by atomic mass is 10.2. The number of hydrogen-bond acceptors (Lipinski definition) is 7. The van der Waals surface area contributed by atoms with Crippen LogP contribution in [0.2, 0.25) is 0 Å². The van der Waals surface area contributed by atoms with Crippen molar-refractivity contribution in [1.29, 1.82) is 0 Å². The summed E-state index contributed by atoms with van der Waals surface area (Å²) in [6, 6.07) is 6.40. The van der Waals surface area contributed by atoms with Crippen molar-refractivity contribution < 1.29 is 14.2 Å². The molecule has 1 saturated heterocycles. The van der Waals surface area contributed by atoms with Crippen molar-refractivity contribution in [2.24, 2.45) is 0 Å². The average Bonchev–Trinajstić information content (AvgIpc) is 3.29. The Hall–Kier alpha value is -1.67. The van der Waals surface area contributed by atoms with E-state index in [-0.39, 0.29) is 0 Å². The Labute approximate surface area is 151 Å². The molecular formula is C18H23N3O3S. The van der Waals surface area contributed by atoms with E-state index in [1.807, 2.05) is 18.2 Å². The van der Waals surface area contributed by atoms with E-state index < -0.39 is 0 Å². The Morgan fingerprint density at radius 2 is 2.08 bits per heavy atom. The largest absolute Gasteiger partial charge is 0.454 e. The summed E-state index contributed by atoms with van der Waals surface area (Å²) in [5.74, 6) is 1.60. The quantitative estimate of drug-likeness (QED) is 0.852. The minimum atomic E-state index is 0.298. The second kappa shape index (κ2) is 7.70. The number of fused-ring (bicyclic) bond motifs is 1. The molecule has 134 valence electrons. The first-order valence-electron chi connectivity index (χ1n) is 8.66. The summed E-state index contributed by atoms with van der Waals surface area (Å²) in [6.45, 7) is 8.09. The highest BCUT2D eigenvalue weighted by Gasteiger charge is 2.16. The summed E-state index contributed by atoms with van der Waals surface area (Å²) in [4.78, 5) is 7.20. The highest BCUT2D eigenvalue weighted by atomic mass is 32.1. The molecule has 1 aromatic carbocycles. The van der Waals surface area contributed by atoms with Gasteiger partial charge in [-0.15, -0.1) is 11.3 Å². The van der Waals surface area contributed by atoms with Crippen molar-refractivity contribution in [2.45, 2.75) is 19.5 Å². The van der Waals surface area contributed by atoms with Gasteiger partial charge < -0.3 is 19.5 Å². The maximum absolute atomic E-state index is 5.45. The van der Waals surface area contributed by atoms with Gasteiger partial charge in [-0.3, -0.25) is 4.90 Å². The van der Waals surface area contributed by atoms with Crippen LogP contribution in [-0.4, -0.2) is 55.6 Å².